The number of nitrogens with one attached hydrogen (secondary N) is 1. The molecule has 2 atom stereocenters. The third-order valence-corrected chi connectivity index (χ3v) is 5.56. The van der Waals surface area contributed by atoms with E-state index in [2.05, 4.69) is 5.32 Å². The van der Waals surface area contributed by atoms with Crippen LogP contribution in [0.15, 0.2) is 66.7 Å². The molecule has 0 fully saturated rings. The van der Waals surface area contributed by atoms with Gasteiger partial charge in [-0.3, -0.25) is 0 Å². The number of carbonyl (C=O) groups is 1. The molecule has 0 saturated carbocycles. The van der Waals surface area contributed by atoms with Gasteiger partial charge in [-0.1, -0.05) is 41.4 Å². The Bertz CT molecular complexity index is 1020. The number of aliphatic hydroxyl groups excluding tert-OH is 1. The highest BCUT2D eigenvalue weighted by atomic mass is 35.5. The van der Waals surface area contributed by atoms with E-state index in [1.165, 1.54) is 12.1 Å². The summed E-state index contributed by atoms with van der Waals surface area (Å²) in [4.78, 5) is 11.9. The predicted molar refractivity (Wildman–Crippen MR) is 123 cm³/mol. The van der Waals surface area contributed by atoms with Gasteiger partial charge >= 0.3 is 5.97 Å². The second kappa shape index (κ2) is 10.5. The third-order valence-electron chi connectivity index (χ3n) is 4.82. The van der Waals surface area contributed by atoms with Gasteiger partial charge in [0.15, 0.2) is 0 Å². The van der Waals surface area contributed by atoms with Crippen molar-refractivity contribution in [1.82, 2.24) is 0 Å². The van der Waals surface area contributed by atoms with Crippen molar-refractivity contribution in [3.05, 3.63) is 93.5 Å². The number of benzene rings is 3. The highest BCUT2D eigenvalue weighted by Crippen LogP contribution is 2.33. The van der Waals surface area contributed by atoms with E-state index in [-0.39, 0.29) is 17.8 Å². The Morgan fingerprint density at radius 3 is 2.23 bits per heavy atom. The molecule has 0 heterocycles. The molecule has 3 aromatic rings. The van der Waals surface area contributed by atoms with Gasteiger partial charge in [0.2, 0.25) is 0 Å². The quantitative estimate of drug-likeness (QED) is 0.352. The van der Waals surface area contributed by atoms with Gasteiger partial charge in [-0.2, -0.15) is 0 Å². The summed E-state index contributed by atoms with van der Waals surface area (Å²) in [5.74, 6) is -0.241. The van der Waals surface area contributed by atoms with Crippen LogP contribution in [0.25, 0.3) is 0 Å². The van der Waals surface area contributed by atoms with Gasteiger partial charge in [-0.25, -0.2) is 4.79 Å². The summed E-state index contributed by atoms with van der Waals surface area (Å²) in [7, 11) is 0. The highest BCUT2D eigenvalue weighted by Gasteiger charge is 2.19. The second-order valence-electron chi connectivity index (χ2n) is 7.01. The van der Waals surface area contributed by atoms with E-state index in [1.807, 2.05) is 6.07 Å². The fraction of sp³-hybridized carbons (Fsp3) is 0.208. The average molecular weight is 460 g/mol. The van der Waals surface area contributed by atoms with Crippen LogP contribution in [0.4, 0.5) is 5.69 Å². The summed E-state index contributed by atoms with van der Waals surface area (Å²) in [5.41, 5.74) is 2.76. The summed E-state index contributed by atoms with van der Waals surface area (Å²) < 4.78 is 5.02. The maximum atomic E-state index is 11.9. The number of aliphatic hydroxyl groups is 1. The van der Waals surface area contributed by atoms with E-state index < -0.39 is 6.10 Å². The molecule has 5 nitrogen and oxygen atoms in total. The number of esters is 1. The summed E-state index contributed by atoms with van der Waals surface area (Å²) in [5, 5.41) is 24.5. The van der Waals surface area contributed by atoms with Crippen LogP contribution in [-0.4, -0.2) is 22.8 Å². The van der Waals surface area contributed by atoms with Gasteiger partial charge in [-0.05, 0) is 66.6 Å². The monoisotopic (exact) mass is 459 g/mol. The van der Waals surface area contributed by atoms with Gasteiger partial charge in [0, 0.05) is 12.1 Å². The van der Waals surface area contributed by atoms with Gasteiger partial charge in [0.05, 0.1) is 34.4 Å². The lowest BCUT2D eigenvalue weighted by Crippen LogP contribution is -2.15. The Labute approximate surface area is 191 Å². The van der Waals surface area contributed by atoms with Crippen molar-refractivity contribution in [2.75, 3.05) is 11.9 Å². The predicted octanol–water partition coefficient (Wildman–Crippen LogP) is 6.15. The zero-order valence-electron chi connectivity index (χ0n) is 16.9. The first kappa shape index (κ1) is 22.9. The van der Waals surface area contributed by atoms with E-state index >= 15 is 0 Å². The van der Waals surface area contributed by atoms with Crippen molar-refractivity contribution >= 4 is 34.9 Å². The molecule has 0 aliphatic carbocycles. The molecule has 0 spiro atoms. The molecule has 0 bridgehead atoms. The Hall–Kier alpha value is -2.73. The van der Waals surface area contributed by atoms with Crippen LogP contribution in [0.1, 0.15) is 47.0 Å². The standard InChI is InChI=1S/C24H23Cl2NO4/c1-2-31-24(30)16-3-8-18(9-4-16)27-22(17-7-12-20(25)21(26)13-17)14-23(29)15-5-10-19(28)11-6-15/h3-13,22-23,27-29H,2,14H2,1H3. The van der Waals surface area contributed by atoms with Gasteiger partial charge < -0.3 is 20.3 Å². The van der Waals surface area contributed by atoms with E-state index in [0.29, 0.717) is 34.2 Å². The molecular formula is C24H23Cl2NO4. The molecule has 3 aromatic carbocycles. The number of aromatic hydroxyl groups is 1. The number of hydrogen-bond donors (Lipinski definition) is 3. The molecule has 2 unspecified atom stereocenters. The summed E-state index contributed by atoms with van der Waals surface area (Å²) >= 11 is 12.3. The number of ether oxygens (including phenoxy) is 1. The largest absolute Gasteiger partial charge is 0.508 e. The minimum Gasteiger partial charge on any atom is -0.508 e. The summed E-state index contributed by atoms with van der Waals surface area (Å²) in [6.45, 7) is 2.07. The molecule has 0 amide bonds. The van der Waals surface area contributed by atoms with Crippen LogP contribution in [0, 0.1) is 0 Å². The number of phenols is 1. The SMILES string of the molecule is CCOC(=O)c1ccc(NC(CC(O)c2ccc(O)cc2)c2ccc(Cl)c(Cl)c2)cc1. The maximum Gasteiger partial charge on any atom is 0.338 e. The van der Waals surface area contributed by atoms with E-state index in [9.17, 15) is 15.0 Å². The molecule has 0 saturated heterocycles. The van der Waals surface area contributed by atoms with E-state index in [4.69, 9.17) is 27.9 Å². The smallest absolute Gasteiger partial charge is 0.338 e. The first-order chi connectivity index (χ1) is 14.9. The van der Waals surface area contributed by atoms with Crippen molar-refractivity contribution < 1.29 is 19.7 Å². The van der Waals surface area contributed by atoms with Crippen molar-refractivity contribution in [1.29, 1.82) is 0 Å². The lowest BCUT2D eigenvalue weighted by molar-refractivity contribution is 0.0526. The number of halogens is 2. The van der Waals surface area contributed by atoms with Gasteiger partial charge in [0.25, 0.3) is 0 Å². The fourth-order valence-corrected chi connectivity index (χ4v) is 3.49. The lowest BCUT2D eigenvalue weighted by Gasteiger charge is -2.24. The number of rotatable bonds is 8. The molecule has 162 valence electrons. The Morgan fingerprint density at radius 1 is 0.968 bits per heavy atom. The van der Waals surface area contributed by atoms with E-state index in [0.717, 1.165) is 11.3 Å². The van der Waals surface area contributed by atoms with Crippen LogP contribution >= 0.6 is 23.2 Å². The van der Waals surface area contributed by atoms with Crippen LogP contribution in [0.5, 0.6) is 5.75 Å². The number of hydrogen-bond acceptors (Lipinski definition) is 5. The maximum absolute atomic E-state index is 11.9. The van der Waals surface area contributed by atoms with Crippen molar-refractivity contribution in [2.24, 2.45) is 0 Å². The number of anilines is 1. The van der Waals surface area contributed by atoms with Crippen LogP contribution in [0.3, 0.4) is 0 Å². The Balaban J connectivity index is 1.84. The number of phenolic OH excluding ortho intramolecular Hbond substituents is 1. The van der Waals surface area contributed by atoms with E-state index in [1.54, 1.807) is 55.5 Å². The summed E-state index contributed by atoms with van der Waals surface area (Å²) in [6, 6.07) is 18.4. The van der Waals surface area contributed by atoms with Gasteiger partial charge in [-0.15, -0.1) is 0 Å². The highest BCUT2D eigenvalue weighted by molar-refractivity contribution is 6.42. The average Bonchev–Trinajstić information content (AvgIpc) is 2.76. The molecule has 0 radical (unpaired) electrons. The van der Waals surface area contributed by atoms with Gasteiger partial charge in [0.1, 0.15) is 5.75 Å². The molecule has 3 rings (SSSR count). The molecule has 0 aliphatic heterocycles. The molecule has 7 heteroatoms. The second-order valence-corrected chi connectivity index (χ2v) is 7.83. The summed E-state index contributed by atoms with van der Waals surface area (Å²) in [6.07, 6.45) is -0.450. The molecule has 0 aliphatic rings. The lowest BCUT2D eigenvalue weighted by atomic mass is 9.96. The van der Waals surface area contributed by atoms with Crippen LogP contribution in [-0.2, 0) is 4.74 Å². The molecule has 3 N–H and O–H groups in total. The molecule has 31 heavy (non-hydrogen) atoms. The Morgan fingerprint density at radius 2 is 1.61 bits per heavy atom. The van der Waals surface area contributed by atoms with Crippen LogP contribution < -0.4 is 5.32 Å². The molecule has 0 aromatic heterocycles. The zero-order chi connectivity index (χ0) is 22.4. The first-order valence-electron chi connectivity index (χ1n) is 9.83. The zero-order valence-corrected chi connectivity index (χ0v) is 18.4. The molecular weight excluding hydrogens is 437 g/mol. The minimum absolute atomic E-state index is 0.136. The van der Waals surface area contributed by atoms with Crippen molar-refractivity contribution in [2.45, 2.75) is 25.5 Å². The van der Waals surface area contributed by atoms with Crippen molar-refractivity contribution in [3.63, 3.8) is 0 Å². The first-order valence-corrected chi connectivity index (χ1v) is 10.6. The Kier molecular flexibility index (Phi) is 7.80. The van der Waals surface area contributed by atoms with Crippen LogP contribution in [0.2, 0.25) is 10.0 Å². The third kappa shape index (κ3) is 6.14. The topological polar surface area (TPSA) is 78.8 Å². The van der Waals surface area contributed by atoms with Crippen molar-refractivity contribution in [3.8, 4) is 5.75 Å². The minimum atomic E-state index is -0.786. The number of carbonyl (C=O) groups excluding carboxylic acids is 1. The fourth-order valence-electron chi connectivity index (χ4n) is 3.18. The normalized spacial score (nSPS) is 12.8.